The summed E-state index contributed by atoms with van der Waals surface area (Å²) in [6.07, 6.45) is 5.70. The maximum atomic E-state index is 11.8. The summed E-state index contributed by atoms with van der Waals surface area (Å²) in [6, 6.07) is 1.53. The Labute approximate surface area is 108 Å². The summed E-state index contributed by atoms with van der Waals surface area (Å²) < 4.78 is 26.7. The predicted octanol–water partition coefficient (Wildman–Crippen LogP) is 1.88. The number of sulfonamides is 1. The average Bonchev–Trinajstić information content (AvgIpc) is 2.24. The molecule has 0 spiro atoms. The van der Waals surface area contributed by atoms with Crippen molar-refractivity contribution in [1.29, 1.82) is 0 Å². The zero-order valence-electron chi connectivity index (χ0n) is 8.81. The fourth-order valence-corrected chi connectivity index (χ4v) is 3.06. The van der Waals surface area contributed by atoms with Gasteiger partial charge in [-0.3, -0.25) is 4.98 Å². The zero-order chi connectivity index (χ0) is 12.0. The van der Waals surface area contributed by atoms with Crippen LogP contribution in [0.4, 0.5) is 0 Å². The van der Waals surface area contributed by atoms with Gasteiger partial charge in [-0.15, -0.1) is 0 Å². The van der Waals surface area contributed by atoms with Gasteiger partial charge in [-0.25, -0.2) is 13.1 Å². The molecular weight excluding hydrogens is 312 g/mol. The molecule has 0 aliphatic heterocycles. The SMILES string of the molecule is CSCCCNS(=O)(=O)c1cncc(Br)c1. The number of pyridine rings is 1. The summed E-state index contributed by atoms with van der Waals surface area (Å²) in [6.45, 7) is 0.454. The standard InChI is InChI=1S/C9H13BrN2O2S2/c1-15-4-2-3-12-16(13,14)9-5-8(10)6-11-7-9/h5-7,12H,2-4H2,1H3. The molecule has 0 unspecified atom stereocenters. The van der Waals surface area contributed by atoms with Crippen molar-refractivity contribution in [3.8, 4) is 0 Å². The number of aromatic nitrogens is 1. The Balaban J connectivity index is 2.64. The molecule has 0 atom stereocenters. The highest BCUT2D eigenvalue weighted by Crippen LogP contribution is 2.13. The lowest BCUT2D eigenvalue weighted by molar-refractivity contribution is 0.580. The second-order valence-electron chi connectivity index (χ2n) is 3.08. The van der Waals surface area contributed by atoms with Crippen LogP contribution in [0.1, 0.15) is 6.42 Å². The molecule has 0 aliphatic carbocycles. The molecule has 1 rings (SSSR count). The monoisotopic (exact) mass is 324 g/mol. The second kappa shape index (κ2) is 6.58. The van der Waals surface area contributed by atoms with Gasteiger partial charge in [0.05, 0.1) is 0 Å². The quantitative estimate of drug-likeness (QED) is 0.812. The first-order valence-electron chi connectivity index (χ1n) is 4.65. The van der Waals surface area contributed by atoms with Crippen LogP contribution < -0.4 is 4.72 Å². The number of hydrogen-bond donors (Lipinski definition) is 1. The van der Waals surface area contributed by atoms with Crippen LogP contribution >= 0.6 is 27.7 Å². The molecule has 1 N–H and O–H groups in total. The van der Waals surface area contributed by atoms with Crippen LogP contribution in [-0.2, 0) is 10.0 Å². The average molecular weight is 325 g/mol. The first-order chi connectivity index (χ1) is 7.56. The van der Waals surface area contributed by atoms with Gasteiger partial charge in [0.15, 0.2) is 0 Å². The van der Waals surface area contributed by atoms with Crippen molar-refractivity contribution in [3.05, 3.63) is 22.9 Å². The molecule has 0 bridgehead atoms. The molecule has 0 aliphatic rings. The van der Waals surface area contributed by atoms with E-state index < -0.39 is 10.0 Å². The minimum absolute atomic E-state index is 0.186. The van der Waals surface area contributed by atoms with E-state index in [1.807, 2.05) is 6.26 Å². The highest BCUT2D eigenvalue weighted by atomic mass is 79.9. The second-order valence-corrected chi connectivity index (χ2v) is 6.75. The molecule has 0 saturated carbocycles. The van der Waals surface area contributed by atoms with Gasteiger partial charge >= 0.3 is 0 Å². The lowest BCUT2D eigenvalue weighted by Gasteiger charge is -2.05. The van der Waals surface area contributed by atoms with Crippen molar-refractivity contribution >= 4 is 37.7 Å². The molecule has 7 heteroatoms. The Kier molecular flexibility index (Phi) is 5.74. The minimum atomic E-state index is -3.42. The maximum absolute atomic E-state index is 11.8. The molecule has 1 aromatic rings. The van der Waals surface area contributed by atoms with E-state index in [9.17, 15) is 8.42 Å². The van der Waals surface area contributed by atoms with Crippen molar-refractivity contribution in [2.24, 2.45) is 0 Å². The number of nitrogens with zero attached hydrogens (tertiary/aromatic N) is 1. The van der Waals surface area contributed by atoms with Crippen LogP contribution in [0.25, 0.3) is 0 Å². The van der Waals surface area contributed by atoms with Gasteiger partial charge in [-0.2, -0.15) is 11.8 Å². The number of halogens is 1. The number of hydrogen-bond acceptors (Lipinski definition) is 4. The summed E-state index contributed by atoms with van der Waals surface area (Å²) >= 11 is 4.89. The zero-order valence-corrected chi connectivity index (χ0v) is 12.0. The van der Waals surface area contributed by atoms with E-state index in [4.69, 9.17) is 0 Å². The van der Waals surface area contributed by atoms with E-state index in [-0.39, 0.29) is 4.90 Å². The van der Waals surface area contributed by atoms with Crippen molar-refractivity contribution in [1.82, 2.24) is 9.71 Å². The third-order valence-corrected chi connectivity index (χ3v) is 4.37. The molecule has 0 radical (unpaired) electrons. The van der Waals surface area contributed by atoms with E-state index in [2.05, 4.69) is 25.6 Å². The highest BCUT2D eigenvalue weighted by molar-refractivity contribution is 9.10. The summed E-state index contributed by atoms with van der Waals surface area (Å²) in [5.41, 5.74) is 0. The summed E-state index contributed by atoms with van der Waals surface area (Å²) in [4.78, 5) is 4.01. The Morgan fingerprint density at radius 1 is 1.50 bits per heavy atom. The molecule has 0 saturated heterocycles. The van der Waals surface area contributed by atoms with E-state index in [1.165, 1.54) is 12.3 Å². The Hall–Kier alpha value is -0.110. The van der Waals surface area contributed by atoms with Gasteiger partial charge < -0.3 is 0 Å². The molecule has 90 valence electrons. The Bertz CT molecular complexity index is 437. The molecule has 16 heavy (non-hydrogen) atoms. The fraction of sp³-hybridized carbons (Fsp3) is 0.444. The highest BCUT2D eigenvalue weighted by Gasteiger charge is 2.13. The van der Waals surface area contributed by atoms with Crippen molar-refractivity contribution in [2.45, 2.75) is 11.3 Å². The topological polar surface area (TPSA) is 59.1 Å². The van der Waals surface area contributed by atoms with Crippen LogP contribution in [0.5, 0.6) is 0 Å². The normalized spacial score (nSPS) is 11.6. The van der Waals surface area contributed by atoms with Crippen LogP contribution in [0, 0.1) is 0 Å². The summed E-state index contributed by atoms with van der Waals surface area (Å²) in [5, 5.41) is 0. The molecule has 1 aromatic heterocycles. The predicted molar refractivity (Wildman–Crippen MR) is 70.1 cm³/mol. The summed E-state index contributed by atoms with van der Waals surface area (Å²) in [5.74, 6) is 0.944. The van der Waals surface area contributed by atoms with E-state index in [1.54, 1.807) is 18.0 Å². The number of nitrogens with one attached hydrogen (secondary N) is 1. The first kappa shape index (κ1) is 14.0. The third kappa shape index (κ3) is 4.40. The third-order valence-electron chi connectivity index (χ3n) is 1.81. The van der Waals surface area contributed by atoms with Crippen LogP contribution in [0.2, 0.25) is 0 Å². The van der Waals surface area contributed by atoms with Gasteiger partial charge in [0.25, 0.3) is 0 Å². The Morgan fingerprint density at radius 3 is 2.88 bits per heavy atom. The fourth-order valence-electron chi connectivity index (χ4n) is 1.05. The first-order valence-corrected chi connectivity index (χ1v) is 8.32. The number of rotatable bonds is 6. The van der Waals surface area contributed by atoms with Gasteiger partial charge in [0.1, 0.15) is 4.90 Å². The van der Waals surface area contributed by atoms with E-state index in [0.717, 1.165) is 12.2 Å². The lowest BCUT2D eigenvalue weighted by atomic mass is 10.5. The Morgan fingerprint density at radius 2 is 2.25 bits per heavy atom. The van der Waals surface area contributed by atoms with Crippen LogP contribution in [0.15, 0.2) is 27.8 Å². The maximum Gasteiger partial charge on any atom is 0.242 e. The molecular formula is C9H13BrN2O2S2. The minimum Gasteiger partial charge on any atom is -0.262 e. The van der Waals surface area contributed by atoms with Crippen molar-refractivity contribution in [2.75, 3.05) is 18.6 Å². The number of thioether (sulfide) groups is 1. The van der Waals surface area contributed by atoms with Gasteiger partial charge in [0.2, 0.25) is 10.0 Å². The van der Waals surface area contributed by atoms with Crippen molar-refractivity contribution < 1.29 is 8.42 Å². The van der Waals surface area contributed by atoms with Crippen LogP contribution in [0.3, 0.4) is 0 Å². The van der Waals surface area contributed by atoms with Crippen molar-refractivity contribution in [3.63, 3.8) is 0 Å². The van der Waals surface area contributed by atoms with Crippen LogP contribution in [-0.4, -0.2) is 32.0 Å². The summed E-state index contributed by atoms with van der Waals surface area (Å²) in [7, 11) is -3.42. The van der Waals surface area contributed by atoms with E-state index >= 15 is 0 Å². The van der Waals surface area contributed by atoms with E-state index in [0.29, 0.717) is 11.0 Å². The molecule has 0 aromatic carbocycles. The molecule has 0 amide bonds. The van der Waals surface area contributed by atoms with Gasteiger partial charge in [-0.1, -0.05) is 0 Å². The van der Waals surface area contributed by atoms with Gasteiger partial charge in [-0.05, 0) is 40.4 Å². The molecule has 1 heterocycles. The van der Waals surface area contributed by atoms with Gasteiger partial charge in [0, 0.05) is 23.4 Å². The molecule has 0 fully saturated rings. The smallest absolute Gasteiger partial charge is 0.242 e. The largest absolute Gasteiger partial charge is 0.262 e. The lowest BCUT2D eigenvalue weighted by Crippen LogP contribution is -2.25. The molecule has 4 nitrogen and oxygen atoms in total.